The quantitative estimate of drug-likeness (QED) is 0.560. The fraction of sp³-hybridized carbons (Fsp3) is 1.00. The minimum Gasteiger partial charge on any atom is -0.0703 e. The predicted molar refractivity (Wildman–Crippen MR) is 56.8 cm³/mol. The van der Waals surface area contributed by atoms with Crippen molar-refractivity contribution in [3.63, 3.8) is 0 Å². The number of rotatable bonds is 0. The summed E-state index contributed by atoms with van der Waals surface area (Å²) < 4.78 is 0. The minimum atomic E-state index is -0.221. The number of hydrogen-bond acceptors (Lipinski definition) is 0. The molecule has 0 unspecified atom stereocenters. The second kappa shape index (κ2) is 4.13. The van der Waals surface area contributed by atoms with Gasteiger partial charge >= 0.3 is 0 Å². The molecule has 0 heterocycles. The van der Waals surface area contributed by atoms with Gasteiger partial charge in [0, 0.05) is 17.6 Å². The summed E-state index contributed by atoms with van der Waals surface area (Å²) >= 11 is 0. The maximum atomic E-state index is 2.44. The normalized spacial score (nSPS) is 13.1. The Labute approximate surface area is 84.7 Å². The molecule has 0 N–H and O–H groups in total. The summed E-state index contributed by atoms with van der Waals surface area (Å²) in [5, 5.41) is 1.09. The first-order valence-electron chi connectivity index (χ1n) is 4.00. The van der Waals surface area contributed by atoms with Gasteiger partial charge in [-0.15, -0.1) is 0 Å². The van der Waals surface area contributed by atoms with Gasteiger partial charge in [0.15, 0.2) is 0 Å². The van der Waals surface area contributed by atoms with Crippen molar-refractivity contribution in [3.8, 4) is 0 Å². The molecule has 0 saturated heterocycles. The van der Waals surface area contributed by atoms with Gasteiger partial charge in [0.25, 0.3) is 0 Å². The van der Waals surface area contributed by atoms with Crippen LogP contribution in [0.5, 0.6) is 0 Å². The van der Waals surface area contributed by atoms with Crippen LogP contribution in [0.15, 0.2) is 0 Å². The van der Waals surface area contributed by atoms with Crippen LogP contribution in [0.2, 0.25) is 16.6 Å². The van der Waals surface area contributed by atoms with Gasteiger partial charge < -0.3 is 0 Å². The zero-order valence-electron chi connectivity index (χ0n) is 9.00. The Balaban J connectivity index is 0. The Morgan fingerprint density at radius 2 is 0.909 bits per heavy atom. The van der Waals surface area contributed by atoms with Crippen LogP contribution in [0.1, 0.15) is 41.5 Å². The fourth-order valence-electron chi connectivity index (χ4n) is 1.12. The molecular formula is C9H21GeSi. The summed E-state index contributed by atoms with van der Waals surface area (Å²) in [6.45, 7) is 16.6. The van der Waals surface area contributed by atoms with Crippen molar-refractivity contribution in [2.24, 2.45) is 0 Å². The van der Waals surface area contributed by atoms with Gasteiger partial charge in [0.2, 0.25) is 0 Å². The van der Waals surface area contributed by atoms with E-state index < -0.39 is 0 Å². The first-order chi connectivity index (χ1) is 4.15. The molecule has 0 spiro atoms. The standard InChI is InChI=1S/C9H21Si.Ge/c1-8(2,3)10(7)9(4,5)6;/h1-7H3;. The molecule has 0 fully saturated rings. The van der Waals surface area contributed by atoms with Crippen LogP contribution in [0, 0.1) is 0 Å². The second-order valence-electron chi connectivity index (χ2n) is 5.12. The number of hydrogen-bond donors (Lipinski definition) is 0. The molecule has 0 saturated carbocycles. The van der Waals surface area contributed by atoms with Gasteiger partial charge in [-0.3, -0.25) is 0 Å². The van der Waals surface area contributed by atoms with E-state index in [1.807, 2.05) is 0 Å². The van der Waals surface area contributed by atoms with Crippen molar-refractivity contribution in [2.45, 2.75) is 58.2 Å². The van der Waals surface area contributed by atoms with Crippen molar-refractivity contribution in [1.82, 2.24) is 0 Å². The third-order valence-electron chi connectivity index (χ3n) is 2.25. The Kier molecular flexibility index (Phi) is 5.36. The van der Waals surface area contributed by atoms with Crippen LogP contribution in [-0.2, 0) is 0 Å². The first-order valence-corrected chi connectivity index (χ1v) is 6.00. The van der Waals surface area contributed by atoms with E-state index in [0.29, 0.717) is 10.1 Å². The monoisotopic (exact) mass is 231 g/mol. The van der Waals surface area contributed by atoms with Gasteiger partial charge in [0.05, 0.1) is 8.80 Å². The second-order valence-corrected chi connectivity index (χ2v) is 9.38. The van der Waals surface area contributed by atoms with Crippen molar-refractivity contribution in [3.05, 3.63) is 0 Å². The van der Waals surface area contributed by atoms with Gasteiger partial charge in [-0.05, 0) is 10.1 Å². The molecule has 0 aliphatic heterocycles. The van der Waals surface area contributed by atoms with Crippen LogP contribution in [0.25, 0.3) is 0 Å². The molecule has 0 atom stereocenters. The summed E-state index contributed by atoms with van der Waals surface area (Å²) in [5.41, 5.74) is 0. The van der Waals surface area contributed by atoms with Crippen molar-refractivity contribution >= 4 is 26.4 Å². The Hall–Kier alpha value is 0.760. The zero-order valence-corrected chi connectivity index (χ0v) is 12.1. The molecule has 2 heteroatoms. The van der Waals surface area contributed by atoms with E-state index in [4.69, 9.17) is 0 Å². The first kappa shape index (κ1) is 14.3. The summed E-state index contributed by atoms with van der Waals surface area (Å²) in [4.78, 5) is 0. The molecule has 0 aromatic heterocycles. The zero-order chi connectivity index (χ0) is 8.58. The van der Waals surface area contributed by atoms with Crippen molar-refractivity contribution < 1.29 is 0 Å². The van der Waals surface area contributed by atoms with E-state index in [9.17, 15) is 0 Å². The van der Waals surface area contributed by atoms with E-state index >= 15 is 0 Å². The molecular weight excluding hydrogens is 209 g/mol. The van der Waals surface area contributed by atoms with Crippen LogP contribution in [0.4, 0.5) is 0 Å². The van der Waals surface area contributed by atoms with Gasteiger partial charge in [-0.1, -0.05) is 48.1 Å². The summed E-state index contributed by atoms with van der Waals surface area (Å²) in [6, 6.07) is 0. The predicted octanol–water partition coefficient (Wildman–Crippen LogP) is 3.33. The maximum absolute atomic E-state index is 2.44. The smallest absolute Gasteiger partial charge is 0.0561 e. The van der Waals surface area contributed by atoms with E-state index in [1.165, 1.54) is 0 Å². The van der Waals surface area contributed by atoms with E-state index in [2.05, 4.69) is 48.1 Å². The molecule has 0 aromatic carbocycles. The third-order valence-corrected chi connectivity index (χ3v) is 6.75. The van der Waals surface area contributed by atoms with E-state index in [0.717, 1.165) is 0 Å². The molecule has 11 heavy (non-hydrogen) atoms. The van der Waals surface area contributed by atoms with Crippen LogP contribution >= 0.6 is 0 Å². The fourth-order valence-corrected chi connectivity index (χ4v) is 3.38. The van der Waals surface area contributed by atoms with Crippen LogP contribution in [-0.4, -0.2) is 26.4 Å². The Morgan fingerprint density at radius 3 is 0.909 bits per heavy atom. The summed E-state index contributed by atoms with van der Waals surface area (Å²) in [7, 11) is -0.221. The molecule has 0 bridgehead atoms. The average Bonchev–Trinajstić information content (AvgIpc) is 1.59. The Bertz CT molecular complexity index is 93.7. The van der Waals surface area contributed by atoms with Crippen molar-refractivity contribution in [1.29, 1.82) is 0 Å². The SMILES string of the molecule is C[Si](C(C)(C)C)C(C)(C)C.[Ge]. The minimum absolute atomic E-state index is 0. The molecule has 65 valence electrons. The third kappa shape index (κ3) is 5.07. The van der Waals surface area contributed by atoms with Gasteiger partial charge in [-0.2, -0.15) is 0 Å². The van der Waals surface area contributed by atoms with Crippen LogP contribution in [0.3, 0.4) is 0 Å². The molecule has 0 aliphatic rings. The molecule has 5 radical (unpaired) electrons. The van der Waals surface area contributed by atoms with Gasteiger partial charge in [-0.25, -0.2) is 0 Å². The molecule has 0 aromatic rings. The van der Waals surface area contributed by atoms with Gasteiger partial charge in [0.1, 0.15) is 0 Å². The van der Waals surface area contributed by atoms with E-state index in [-0.39, 0.29) is 26.4 Å². The molecule has 0 amide bonds. The molecule has 0 nitrogen and oxygen atoms in total. The van der Waals surface area contributed by atoms with Crippen LogP contribution < -0.4 is 0 Å². The van der Waals surface area contributed by atoms with Crippen molar-refractivity contribution in [2.75, 3.05) is 0 Å². The maximum Gasteiger partial charge on any atom is 0.0561 e. The Morgan fingerprint density at radius 1 is 0.727 bits per heavy atom. The molecule has 0 rings (SSSR count). The summed E-state index contributed by atoms with van der Waals surface area (Å²) in [6.07, 6.45) is 0. The van der Waals surface area contributed by atoms with E-state index in [1.54, 1.807) is 0 Å². The average molecular weight is 230 g/mol. The topological polar surface area (TPSA) is 0 Å². The molecule has 0 aliphatic carbocycles. The largest absolute Gasteiger partial charge is 0.0703 e. The summed E-state index contributed by atoms with van der Waals surface area (Å²) in [5.74, 6) is 0.